The van der Waals surface area contributed by atoms with Crippen LogP contribution in [0, 0.1) is 13.8 Å². The number of rotatable bonds is 3. The van der Waals surface area contributed by atoms with E-state index in [0.717, 1.165) is 16.3 Å². The Morgan fingerprint density at radius 1 is 0.545 bits per heavy atom. The van der Waals surface area contributed by atoms with Crippen molar-refractivity contribution >= 4 is 55.0 Å². The molecule has 12 nitrogen and oxygen atoms in total. The number of allylic oxidation sites excluding steroid dienone is 3. The number of fused-ring (bicyclic) bond motifs is 3. The van der Waals surface area contributed by atoms with Gasteiger partial charge in [-0.05, 0) is 51.5 Å². The molecule has 0 amide bonds. The van der Waals surface area contributed by atoms with Crippen LogP contribution in [0.15, 0.2) is 98.7 Å². The van der Waals surface area contributed by atoms with Gasteiger partial charge in [-0.25, -0.2) is 15.0 Å². The van der Waals surface area contributed by atoms with Gasteiger partial charge >= 0.3 is 0 Å². The van der Waals surface area contributed by atoms with E-state index >= 15 is 0 Å². The molecule has 0 saturated heterocycles. The average molecular weight is 734 g/mol. The van der Waals surface area contributed by atoms with Gasteiger partial charge in [0.25, 0.3) is 0 Å². The van der Waals surface area contributed by atoms with Crippen molar-refractivity contribution in [2.75, 3.05) is 0 Å². The van der Waals surface area contributed by atoms with Crippen molar-refractivity contribution in [3.8, 4) is 51.5 Å². The van der Waals surface area contributed by atoms with E-state index in [1.807, 2.05) is 67.6 Å². The van der Waals surface area contributed by atoms with Crippen LogP contribution in [0.4, 0.5) is 0 Å². The number of furan rings is 2. The summed E-state index contributed by atoms with van der Waals surface area (Å²) in [5.74, 6) is -5.42. The maximum Gasteiger partial charge on any atom is 0.205 e. The predicted octanol–water partition coefficient (Wildman–Crippen LogP) is 9.72. The summed E-state index contributed by atoms with van der Waals surface area (Å²) in [4.78, 5) is 14.4. The monoisotopic (exact) mass is 733 g/mol. The first-order valence-electron chi connectivity index (χ1n) is 17.2. The van der Waals surface area contributed by atoms with Gasteiger partial charge in [-0.15, -0.1) is 0 Å². The van der Waals surface area contributed by atoms with Crippen molar-refractivity contribution in [3.63, 3.8) is 0 Å². The van der Waals surface area contributed by atoms with E-state index in [4.69, 9.17) is 23.8 Å². The maximum absolute atomic E-state index is 12.2. The molecule has 3 aromatic heterocycles. The van der Waals surface area contributed by atoms with Crippen molar-refractivity contribution in [3.05, 3.63) is 118 Å². The normalized spacial score (nSPS) is 16.8. The van der Waals surface area contributed by atoms with Crippen molar-refractivity contribution in [2.45, 2.75) is 27.7 Å². The lowest BCUT2D eigenvalue weighted by Gasteiger charge is -2.16. The fourth-order valence-electron chi connectivity index (χ4n) is 7.49. The highest BCUT2D eigenvalue weighted by atomic mass is 16.4. The molecule has 0 radical (unpaired) electrons. The van der Waals surface area contributed by atoms with Crippen molar-refractivity contribution < 1.29 is 44.6 Å². The number of aromatic hydroxyl groups is 5. The van der Waals surface area contributed by atoms with Gasteiger partial charge < -0.3 is 44.6 Å². The highest BCUT2D eigenvalue weighted by molar-refractivity contribution is 6.21. The Morgan fingerprint density at radius 2 is 1.15 bits per heavy atom. The summed E-state index contributed by atoms with van der Waals surface area (Å²) < 4.78 is 12.1. The molecule has 3 heterocycles. The molecule has 7 N–H and O–H groups in total. The van der Waals surface area contributed by atoms with E-state index in [9.17, 15) is 35.7 Å². The van der Waals surface area contributed by atoms with Gasteiger partial charge in [-0.2, -0.15) is 0 Å². The number of aromatic nitrogens is 3. The number of phenols is 5. The molecule has 0 bridgehead atoms. The predicted molar refractivity (Wildman–Crippen MR) is 207 cm³/mol. The lowest BCUT2D eigenvalue weighted by Crippen LogP contribution is -2.07. The van der Waals surface area contributed by atoms with Crippen LogP contribution in [0.2, 0.25) is 0 Å². The van der Waals surface area contributed by atoms with Crippen molar-refractivity contribution in [1.82, 2.24) is 15.0 Å². The van der Waals surface area contributed by atoms with Crippen LogP contribution in [0.25, 0.3) is 77.8 Å². The molecule has 8 aromatic rings. The molecule has 9 rings (SSSR count). The Labute approximate surface area is 311 Å². The molecule has 0 atom stereocenters. The third kappa shape index (κ3) is 4.67. The van der Waals surface area contributed by atoms with Crippen LogP contribution in [-0.4, -0.2) is 50.7 Å². The van der Waals surface area contributed by atoms with Crippen molar-refractivity contribution in [1.29, 1.82) is 0 Å². The van der Waals surface area contributed by atoms with Gasteiger partial charge in [-0.1, -0.05) is 60.2 Å². The molecule has 12 heteroatoms. The van der Waals surface area contributed by atoms with E-state index in [0.29, 0.717) is 27.9 Å². The SMILES string of the molecule is CC=C1/C(C)=C(O)\C(O)=C(\c2nc(-c3ccc(C)cc3)nc(-c3ccc4c(c3)oc3ccccc34)n2)c2c(O)c(O)c(O)c3oc4c(O)c(O)c(C)c1c4c23. The van der Waals surface area contributed by atoms with Crippen LogP contribution >= 0.6 is 0 Å². The minimum atomic E-state index is -1.03. The van der Waals surface area contributed by atoms with E-state index in [2.05, 4.69) is 0 Å². The van der Waals surface area contributed by atoms with Crippen molar-refractivity contribution in [2.24, 2.45) is 0 Å². The zero-order valence-corrected chi connectivity index (χ0v) is 29.7. The van der Waals surface area contributed by atoms with Crippen LogP contribution in [-0.2, 0) is 0 Å². The highest BCUT2D eigenvalue weighted by Crippen LogP contribution is 2.57. The molecule has 0 fully saturated rings. The standard InChI is InChI=1S/C43H31N3O9/c1-5-22-18(3)32(47)35(50)31(28-30-29-27(22)19(4)33(48)37(52)39(29)55-40(30)38(53)36(51)34(28)49)43-45-41(20-12-10-17(2)11-13-20)44-42(46-43)21-14-15-24-23-8-6-7-9-25(23)54-26(24)16-21/h5-16,47-53H,1-4H3/b22-5?,32-18+,35-31-. The summed E-state index contributed by atoms with van der Waals surface area (Å²) in [6.07, 6.45) is 1.63. The lowest BCUT2D eigenvalue weighted by atomic mass is 9.88. The zero-order chi connectivity index (χ0) is 38.6. The summed E-state index contributed by atoms with van der Waals surface area (Å²) in [6.45, 7) is 6.68. The zero-order valence-electron chi connectivity index (χ0n) is 29.7. The third-order valence-electron chi connectivity index (χ3n) is 10.3. The number of hydrogen-bond acceptors (Lipinski definition) is 12. The Bertz CT molecular complexity index is 3090. The van der Waals surface area contributed by atoms with Gasteiger partial charge in [0, 0.05) is 54.9 Å². The number of nitrogens with zero attached hydrogens (tertiary/aromatic N) is 3. The minimum absolute atomic E-state index is 0.0813. The second-order valence-corrected chi connectivity index (χ2v) is 13.5. The van der Waals surface area contributed by atoms with E-state index in [-0.39, 0.29) is 61.7 Å². The molecule has 5 aromatic carbocycles. The maximum atomic E-state index is 12.2. The third-order valence-corrected chi connectivity index (χ3v) is 10.3. The Kier molecular flexibility index (Phi) is 7.14. The van der Waals surface area contributed by atoms with Gasteiger partial charge in [-0.3, -0.25) is 0 Å². The molecule has 0 aliphatic heterocycles. The molecular weight excluding hydrogens is 702 g/mol. The van der Waals surface area contributed by atoms with E-state index in [1.54, 1.807) is 19.1 Å². The summed E-state index contributed by atoms with van der Waals surface area (Å²) in [5, 5.41) is 82.3. The summed E-state index contributed by atoms with van der Waals surface area (Å²) in [6, 6.07) is 20.5. The van der Waals surface area contributed by atoms with Crippen LogP contribution in [0.5, 0.6) is 28.7 Å². The Balaban J connectivity index is 1.44. The van der Waals surface area contributed by atoms with Crippen LogP contribution in [0.1, 0.15) is 41.9 Å². The molecule has 0 unspecified atom stereocenters. The molecule has 0 saturated carbocycles. The largest absolute Gasteiger partial charge is 0.504 e. The highest BCUT2D eigenvalue weighted by Gasteiger charge is 2.36. The molecular formula is C43H31N3O9. The van der Waals surface area contributed by atoms with Gasteiger partial charge in [0.2, 0.25) is 17.2 Å². The topological polar surface area (TPSA) is 207 Å². The molecule has 55 heavy (non-hydrogen) atoms. The number of aryl methyl sites for hydroxylation is 1. The molecule has 1 aliphatic carbocycles. The smallest absolute Gasteiger partial charge is 0.205 e. The fourth-order valence-corrected chi connectivity index (χ4v) is 7.49. The lowest BCUT2D eigenvalue weighted by molar-refractivity contribution is 0.325. The minimum Gasteiger partial charge on any atom is -0.504 e. The van der Waals surface area contributed by atoms with E-state index in [1.165, 1.54) is 13.8 Å². The van der Waals surface area contributed by atoms with Gasteiger partial charge in [0.15, 0.2) is 51.7 Å². The van der Waals surface area contributed by atoms with Gasteiger partial charge in [0.05, 0.1) is 5.57 Å². The second-order valence-electron chi connectivity index (χ2n) is 13.5. The van der Waals surface area contributed by atoms with E-state index < -0.39 is 45.8 Å². The summed E-state index contributed by atoms with van der Waals surface area (Å²) >= 11 is 0. The van der Waals surface area contributed by atoms with Crippen LogP contribution in [0.3, 0.4) is 0 Å². The fraction of sp³-hybridized carbons (Fsp3) is 0.0930. The second kappa shape index (κ2) is 11.8. The number of para-hydroxylation sites is 1. The van der Waals surface area contributed by atoms with Crippen LogP contribution < -0.4 is 0 Å². The first-order chi connectivity index (χ1) is 26.4. The number of aliphatic hydroxyl groups excluding tert-OH is 2. The summed E-state index contributed by atoms with van der Waals surface area (Å²) in [5.41, 5.74) is 2.79. The summed E-state index contributed by atoms with van der Waals surface area (Å²) in [7, 11) is 0. The number of hydrogen-bond donors (Lipinski definition) is 7. The number of aliphatic hydroxyl groups is 2. The molecule has 0 spiro atoms. The Morgan fingerprint density at radius 3 is 1.85 bits per heavy atom. The molecule has 272 valence electrons. The molecule has 1 aliphatic rings. The first-order valence-corrected chi connectivity index (χ1v) is 17.2. The average Bonchev–Trinajstić information content (AvgIpc) is 3.78. The first kappa shape index (κ1) is 33.4. The Hall–Kier alpha value is -7.47. The van der Waals surface area contributed by atoms with Gasteiger partial charge in [0.1, 0.15) is 11.2 Å². The quantitative estimate of drug-likeness (QED) is 0.0847. The number of phenolic OH excluding ortho intramolecular Hbond substituents is 5. The number of benzene rings is 5.